The minimum atomic E-state index is -4.54. The van der Waals surface area contributed by atoms with E-state index in [1.165, 1.54) is 12.1 Å². The van der Waals surface area contributed by atoms with E-state index in [-0.39, 0.29) is 6.61 Å². The van der Waals surface area contributed by atoms with E-state index in [1.807, 2.05) is 0 Å². The van der Waals surface area contributed by atoms with Crippen molar-refractivity contribution in [2.45, 2.75) is 45.2 Å². The van der Waals surface area contributed by atoms with E-state index < -0.39 is 23.3 Å². The van der Waals surface area contributed by atoms with Gasteiger partial charge in [0.15, 0.2) is 0 Å². The molecular formula is C15H19F3O2. The molecule has 0 amide bonds. The second kappa shape index (κ2) is 7.92. The number of hydrogen-bond donors (Lipinski definition) is 0. The number of alkyl halides is 3. The molecule has 0 unspecified atom stereocenters. The molecule has 1 rings (SSSR count). The maximum atomic E-state index is 12.7. The Bertz CT molecular complexity index is 427. The van der Waals surface area contributed by atoms with Crippen LogP contribution in [0.4, 0.5) is 13.2 Å². The van der Waals surface area contributed by atoms with E-state index in [9.17, 15) is 18.0 Å². The van der Waals surface area contributed by atoms with Crippen LogP contribution in [0.25, 0.3) is 0 Å². The molecule has 0 atom stereocenters. The third-order valence-corrected chi connectivity index (χ3v) is 2.93. The van der Waals surface area contributed by atoms with Crippen LogP contribution in [0.1, 0.15) is 54.9 Å². The average Bonchev–Trinajstić information content (AvgIpc) is 2.41. The van der Waals surface area contributed by atoms with Gasteiger partial charge in [-0.05, 0) is 18.6 Å². The van der Waals surface area contributed by atoms with Crippen LogP contribution >= 0.6 is 0 Å². The molecule has 0 fully saturated rings. The summed E-state index contributed by atoms with van der Waals surface area (Å²) in [6, 6.07) is 4.68. The van der Waals surface area contributed by atoms with E-state index in [0.29, 0.717) is 6.42 Å². The van der Waals surface area contributed by atoms with Gasteiger partial charge in [0.1, 0.15) is 0 Å². The fraction of sp³-hybridized carbons (Fsp3) is 0.533. The summed E-state index contributed by atoms with van der Waals surface area (Å²) in [5.41, 5.74) is -1.37. The molecule has 0 aliphatic carbocycles. The molecule has 0 saturated carbocycles. The summed E-state index contributed by atoms with van der Waals surface area (Å²) in [4.78, 5) is 11.7. The first-order valence-electron chi connectivity index (χ1n) is 6.80. The first-order chi connectivity index (χ1) is 9.46. The molecule has 0 bridgehead atoms. The molecule has 5 heteroatoms. The molecule has 0 heterocycles. The summed E-state index contributed by atoms with van der Waals surface area (Å²) in [5.74, 6) is -0.909. The van der Waals surface area contributed by atoms with Gasteiger partial charge < -0.3 is 4.74 Å². The van der Waals surface area contributed by atoms with Crippen LogP contribution in [0.15, 0.2) is 24.3 Å². The Balaban J connectivity index is 2.52. The zero-order valence-electron chi connectivity index (χ0n) is 11.5. The van der Waals surface area contributed by atoms with Gasteiger partial charge in [0.25, 0.3) is 0 Å². The molecule has 2 nitrogen and oxygen atoms in total. The third kappa shape index (κ3) is 5.23. The number of halogens is 3. The quantitative estimate of drug-likeness (QED) is 0.530. The molecule has 0 saturated heterocycles. The molecule has 0 aromatic heterocycles. The third-order valence-electron chi connectivity index (χ3n) is 2.93. The number of benzene rings is 1. The number of ether oxygens (including phenoxy) is 1. The highest BCUT2D eigenvalue weighted by atomic mass is 19.4. The molecule has 1 aromatic carbocycles. The lowest BCUT2D eigenvalue weighted by Crippen LogP contribution is -2.15. The molecule has 1 aromatic rings. The Morgan fingerprint density at radius 3 is 2.40 bits per heavy atom. The zero-order valence-corrected chi connectivity index (χ0v) is 11.5. The van der Waals surface area contributed by atoms with Crippen molar-refractivity contribution in [3.05, 3.63) is 35.4 Å². The summed E-state index contributed by atoms with van der Waals surface area (Å²) in [5, 5.41) is 0. The Morgan fingerprint density at radius 1 is 1.10 bits per heavy atom. The van der Waals surface area contributed by atoms with Crippen molar-refractivity contribution >= 4 is 5.97 Å². The number of carbonyl (C=O) groups is 1. The van der Waals surface area contributed by atoms with Crippen LogP contribution in [-0.4, -0.2) is 12.6 Å². The van der Waals surface area contributed by atoms with Crippen LogP contribution in [0.3, 0.4) is 0 Å². The lowest BCUT2D eigenvalue weighted by atomic mass is 10.1. The largest absolute Gasteiger partial charge is 0.462 e. The maximum Gasteiger partial charge on any atom is 0.417 e. The minimum absolute atomic E-state index is 0.161. The van der Waals surface area contributed by atoms with Crippen LogP contribution < -0.4 is 0 Å². The van der Waals surface area contributed by atoms with Crippen LogP contribution in [0.2, 0.25) is 0 Å². The molecule has 112 valence electrons. The Labute approximate surface area is 116 Å². The predicted molar refractivity (Wildman–Crippen MR) is 70.5 cm³/mol. The van der Waals surface area contributed by atoms with Crippen LogP contribution in [0.5, 0.6) is 0 Å². The predicted octanol–water partition coefficient (Wildman–Crippen LogP) is 4.83. The molecule has 0 aliphatic heterocycles. The molecular weight excluding hydrogens is 269 g/mol. The van der Waals surface area contributed by atoms with Gasteiger partial charge in [-0.3, -0.25) is 0 Å². The Kier molecular flexibility index (Phi) is 6.55. The van der Waals surface area contributed by atoms with Crippen molar-refractivity contribution in [2.24, 2.45) is 0 Å². The molecule has 0 radical (unpaired) electrons. The smallest absolute Gasteiger partial charge is 0.417 e. The van der Waals surface area contributed by atoms with Crippen molar-refractivity contribution in [3.63, 3.8) is 0 Å². The lowest BCUT2D eigenvalue weighted by Gasteiger charge is -2.12. The fourth-order valence-corrected chi connectivity index (χ4v) is 1.86. The minimum Gasteiger partial charge on any atom is -0.462 e. The van der Waals surface area contributed by atoms with Crippen LogP contribution in [-0.2, 0) is 10.9 Å². The van der Waals surface area contributed by atoms with E-state index in [2.05, 4.69) is 6.92 Å². The molecule has 0 N–H and O–H groups in total. The lowest BCUT2D eigenvalue weighted by molar-refractivity contribution is -0.138. The summed E-state index contributed by atoms with van der Waals surface area (Å²) in [6.07, 6.45) is 0.329. The normalized spacial score (nSPS) is 11.4. The summed E-state index contributed by atoms with van der Waals surface area (Å²) < 4.78 is 43.1. The zero-order chi connectivity index (χ0) is 15.0. The summed E-state index contributed by atoms with van der Waals surface area (Å²) in [6.45, 7) is 2.25. The number of carbonyl (C=O) groups excluding carboxylic acids is 1. The van der Waals surface area contributed by atoms with Crippen molar-refractivity contribution in [1.82, 2.24) is 0 Å². The van der Waals surface area contributed by atoms with Gasteiger partial charge in [-0.25, -0.2) is 4.79 Å². The van der Waals surface area contributed by atoms with E-state index in [0.717, 1.165) is 37.8 Å². The van der Waals surface area contributed by atoms with Gasteiger partial charge in [0.05, 0.1) is 17.7 Å². The monoisotopic (exact) mass is 288 g/mol. The highest BCUT2D eigenvalue weighted by Gasteiger charge is 2.35. The van der Waals surface area contributed by atoms with E-state index in [1.54, 1.807) is 0 Å². The maximum absolute atomic E-state index is 12.7. The van der Waals surface area contributed by atoms with Crippen molar-refractivity contribution in [3.8, 4) is 0 Å². The number of rotatable bonds is 7. The summed E-state index contributed by atoms with van der Waals surface area (Å²) in [7, 11) is 0. The van der Waals surface area contributed by atoms with Crippen LogP contribution in [0, 0.1) is 0 Å². The second-order valence-electron chi connectivity index (χ2n) is 4.59. The highest BCUT2D eigenvalue weighted by molar-refractivity contribution is 5.91. The van der Waals surface area contributed by atoms with E-state index in [4.69, 9.17) is 4.74 Å². The highest BCUT2D eigenvalue weighted by Crippen LogP contribution is 2.32. The Hall–Kier alpha value is -1.52. The first kappa shape index (κ1) is 16.5. The summed E-state index contributed by atoms with van der Waals surface area (Å²) >= 11 is 0. The molecule has 0 spiro atoms. The van der Waals surface area contributed by atoms with Gasteiger partial charge >= 0.3 is 12.1 Å². The van der Waals surface area contributed by atoms with Gasteiger partial charge in [0.2, 0.25) is 0 Å². The average molecular weight is 288 g/mol. The van der Waals surface area contributed by atoms with Gasteiger partial charge in [0, 0.05) is 0 Å². The van der Waals surface area contributed by atoms with Gasteiger partial charge in [-0.15, -0.1) is 0 Å². The standard InChI is InChI=1S/C15H19F3O2/c1-2-3-4-5-8-11-20-14(19)12-9-6-7-10-13(12)15(16,17)18/h6-7,9-10H,2-5,8,11H2,1H3. The van der Waals surface area contributed by atoms with E-state index >= 15 is 0 Å². The van der Waals surface area contributed by atoms with Gasteiger partial charge in [-0.1, -0.05) is 44.7 Å². The second-order valence-corrected chi connectivity index (χ2v) is 4.59. The number of esters is 1. The van der Waals surface area contributed by atoms with Crippen molar-refractivity contribution in [2.75, 3.05) is 6.61 Å². The van der Waals surface area contributed by atoms with Crippen molar-refractivity contribution in [1.29, 1.82) is 0 Å². The molecule has 0 aliphatic rings. The first-order valence-corrected chi connectivity index (χ1v) is 6.80. The molecule has 20 heavy (non-hydrogen) atoms. The topological polar surface area (TPSA) is 26.3 Å². The Morgan fingerprint density at radius 2 is 1.75 bits per heavy atom. The SMILES string of the molecule is CCCCCCCOC(=O)c1ccccc1C(F)(F)F. The van der Waals surface area contributed by atoms with Gasteiger partial charge in [-0.2, -0.15) is 13.2 Å². The number of hydrogen-bond acceptors (Lipinski definition) is 2. The fourth-order valence-electron chi connectivity index (χ4n) is 1.86. The van der Waals surface area contributed by atoms with Crippen molar-refractivity contribution < 1.29 is 22.7 Å². The number of unbranched alkanes of at least 4 members (excludes halogenated alkanes) is 4.